The van der Waals surface area contributed by atoms with Gasteiger partial charge in [-0.3, -0.25) is 0 Å². The number of hydrogen-bond acceptors (Lipinski definition) is 1. The van der Waals surface area contributed by atoms with Crippen molar-refractivity contribution < 1.29 is 9.90 Å². The summed E-state index contributed by atoms with van der Waals surface area (Å²) in [7, 11) is 0. The number of carboxylic acids is 1. The first-order valence-corrected chi connectivity index (χ1v) is 12.0. The van der Waals surface area contributed by atoms with Crippen LogP contribution in [0.5, 0.6) is 0 Å². The zero-order valence-corrected chi connectivity index (χ0v) is 18.7. The van der Waals surface area contributed by atoms with Crippen LogP contribution in [0.1, 0.15) is 126 Å². The van der Waals surface area contributed by atoms with Crippen LogP contribution in [0.3, 0.4) is 0 Å². The molecule has 0 spiro atoms. The summed E-state index contributed by atoms with van der Waals surface area (Å²) in [6, 6.07) is 5.15. The SMILES string of the molecule is CCCCCCCCCCCCCCCCCCc1c(Cl)cccc1C(=O)O. The van der Waals surface area contributed by atoms with Crippen molar-refractivity contribution in [2.45, 2.75) is 116 Å². The Morgan fingerprint density at radius 1 is 0.750 bits per heavy atom. The van der Waals surface area contributed by atoms with Crippen molar-refractivity contribution in [1.82, 2.24) is 0 Å². The molecule has 1 rings (SSSR count). The number of unbranched alkanes of at least 4 members (excludes halogenated alkanes) is 15. The topological polar surface area (TPSA) is 37.3 Å². The van der Waals surface area contributed by atoms with E-state index >= 15 is 0 Å². The molecular weight excluding hydrogens is 368 g/mol. The zero-order chi connectivity index (χ0) is 20.5. The fraction of sp³-hybridized carbons (Fsp3) is 0.720. The summed E-state index contributed by atoms with van der Waals surface area (Å²) in [5.74, 6) is -0.881. The van der Waals surface area contributed by atoms with Gasteiger partial charge in [0.2, 0.25) is 0 Å². The molecule has 1 aromatic carbocycles. The average molecular weight is 409 g/mol. The maximum atomic E-state index is 11.3. The lowest BCUT2D eigenvalue weighted by Gasteiger charge is -2.08. The van der Waals surface area contributed by atoms with Gasteiger partial charge in [0, 0.05) is 5.02 Å². The molecule has 2 nitrogen and oxygen atoms in total. The first-order chi connectivity index (χ1) is 13.7. The highest BCUT2D eigenvalue weighted by Gasteiger charge is 2.12. The Bertz CT molecular complexity index is 527. The van der Waals surface area contributed by atoms with Gasteiger partial charge in [-0.05, 0) is 30.5 Å². The number of benzene rings is 1. The van der Waals surface area contributed by atoms with E-state index in [1.807, 2.05) is 0 Å². The van der Waals surface area contributed by atoms with Crippen LogP contribution >= 0.6 is 11.6 Å². The second kappa shape index (κ2) is 16.9. The maximum Gasteiger partial charge on any atom is 0.336 e. The second-order valence-corrected chi connectivity index (χ2v) is 8.53. The highest BCUT2D eigenvalue weighted by molar-refractivity contribution is 6.31. The van der Waals surface area contributed by atoms with E-state index in [9.17, 15) is 9.90 Å². The van der Waals surface area contributed by atoms with Gasteiger partial charge in [0.15, 0.2) is 0 Å². The van der Waals surface area contributed by atoms with Crippen LogP contribution in [0.25, 0.3) is 0 Å². The first kappa shape index (κ1) is 25.0. The monoisotopic (exact) mass is 408 g/mol. The molecule has 3 heteroatoms. The summed E-state index contributed by atoms with van der Waals surface area (Å²) in [6.45, 7) is 2.28. The summed E-state index contributed by atoms with van der Waals surface area (Å²) >= 11 is 6.18. The van der Waals surface area contributed by atoms with E-state index in [0.717, 1.165) is 24.8 Å². The Hall–Kier alpha value is -1.02. The maximum absolute atomic E-state index is 11.3. The van der Waals surface area contributed by atoms with E-state index in [-0.39, 0.29) is 0 Å². The van der Waals surface area contributed by atoms with Gasteiger partial charge in [0.05, 0.1) is 5.56 Å². The molecule has 0 atom stereocenters. The molecule has 0 aliphatic rings. The molecule has 0 saturated carbocycles. The van der Waals surface area contributed by atoms with Gasteiger partial charge in [-0.25, -0.2) is 4.79 Å². The Kier molecular flexibility index (Phi) is 15.1. The van der Waals surface area contributed by atoms with E-state index in [0.29, 0.717) is 10.6 Å². The van der Waals surface area contributed by atoms with Crippen molar-refractivity contribution in [1.29, 1.82) is 0 Å². The predicted octanol–water partition coefficient (Wildman–Crippen LogP) is 8.84. The van der Waals surface area contributed by atoms with E-state index in [1.54, 1.807) is 18.2 Å². The van der Waals surface area contributed by atoms with Crippen LogP contribution in [0, 0.1) is 0 Å². The van der Waals surface area contributed by atoms with Gasteiger partial charge in [0.25, 0.3) is 0 Å². The Balaban J connectivity index is 1.92. The number of carboxylic acid groups (broad SMARTS) is 1. The van der Waals surface area contributed by atoms with Gasteiger partial charge < -0.3 is 5.11 Å². The number of aromatic carboxylic acids is 1. The van der Waals surface area contributed by atoms with Crippen LogP contribution < -0.4 is 0 Å². The number of rotatable bonds is 18. The summed E-state index contributed by atoms with van der Waals surface area (Å²) in [4.78, 5) is 11.3. The summed E-state index contributed by atoms with van der Waals surface area (Å²) < 4.78 is 0. The van der Waals surface area contributed by atoms with Gasteiger partial charge in [-0.1, -0.05) is 121 Å². The quantitative estimate of drug-likeness (QED) is 0.246. The van der Waals surface area contributed by atoms with Gasteiger partial charge in [-0.2, -0.15) is 0 Å². The van der Waals surface area contributed by atoms with E-state index in [4.69, 9.17) is 11.6 Å². The summed E-state index contributed by atoms with van der Waals surface area (Å²) in [6.07, 6.45) is 22.3. The Labute approximate surface area is 178 Å². The van der Waals surface area contributed by atoms with Gasteiger partial charge in [-0.15, -0.1) is 0 Å². The van der Waals surface area contributed by atoms with Crippen LogP contribution in [-0.4, -0.2) is 11.1 Å². The van der Waals surface area contributed by atoms with Crippen molar-refractivity contribution in [3.63, 3.8) is 0 Å². The molecule has 0 bridgehead atoms. The fourth-order valence-corrected chi connectivity index (χ4v) is 4.13. The molecule has 0 unspecified atom stereocenters. The molecule has 28 heavy (non-hydrogen) atoms. The molecule has 160 valence electrons. The second-order valence-electron chi connectivity index (χ2n) is 8.12. The number of halogens is 1. The van der Waals surface area contributed by atoms with E-state index < -0.39 is 5.97 Å². The van der Waals surface area contributed by atoms with E-state index in [2.05, 4.69) is 6.92 Å². The van der Waals surface area contributed by atoms with Crippen molar-refractivity contribution in [2.75, 3.05) is 0 Å². The smallest absolute Gasteiger partial charge is 0.336 e. The van der Waals surface area contributed by atoms with Crippen LogP contribution in [0.15, 0.2) is 18.2 Å². The van der Waals surface area contributed by atoms with Crippen molar-refractivity contribution >= 4 is 17.6 Å². The van der Waals surface area contributed by atoms with Crippen LogP contribution in [0.2, 0.25) is 5.02 Å². The van der Waals surface area contributed by atoms with Gasteiger partial charge >= 0.3 is 5.97 Å². The molecular formula is C25H41ClO2. The third-order valence-electron chi connectivity index (χ3n) is 5.63. The minimum absolute atomic E-state index is 0.355. The fourth-order valence-electron chi connectivity index (χ4n) is 3.86. The number of carbonyl (C=O) groups is 1. The summed E-state index contributed by atoms with van der Waals surface area (Å²) in [5, 5.41) is 9.85. The molecule has 0 aliphatic heterocycles. The first-order valence-electron chi connectivity index (χ1n) is 11.7. The van der Waals surface area contributed by atoms with Crippen LogP contribution in [0.4, 0.5) is 0 Å². The largest absolute Gasteiger partial charge is 0.478 e. The normalized spacial score (nSPS) is 11.1. The lowest BCUT2D eigenvalue weighted by atomic mass is 10.00. The molecule has 0 aliphatic carbocycles. The highest BCUT2D eigenvalue weighted by Crippen LogP contribution is 2.23. The molecule has 0 aromatic heterocycles. The third-order valence-corrected chi connectivity index (χ3v) is 5.98. The standard InChI is InChI=1S/C25H41ClO2/c1-2-3-4-5-6-7-8-9-10-11-12-13-14-15-16-17-19-22-23(25(27)28)20-18-21-24(22)26/h18,20-21H,2-17,19H2,1H3,(H,27,28). The molecule has 0 amide bonds. The van der Waals surface area contributed by atoms with Crippen molar-refractivity contribution in [2.24, 2.45) is 0 Å². The average Bonchev–Trinajstić information content (AvgIpc) is 2.68. The zero-order valence-electron chi connectivity index (χ0n) is 18.0. The summed E-state index contributed by atoms with van der Waals surface area (Å²) in [5.41, 5.74) is 1.15. The molecule has 1 N–H and O–H groups in total. The van der Waals surface area contributed by atoms with Crippen molar-refractivity contribution in [3.05, 3.63) is 34.3 Å². The predicted molar refractivity (Wildman–Crippen MR) is 122 cm³/mol. The lowest BCUT2D eigenvalue weighted by Crippen LogP contribution is -2.03. The molecule has 0 heterocycles. The Morgan fingerprint density at radius 3 is 1.61 bits per heavy atom. The van der Waals surface area contributed by atoms with Gasteiger partial charge in [0.1, 0.15) is 0 Å². The molecule has 1 aromatic rings. The highest BCUT2D eigenvalue weighted by atomic mass is 35.5. The van der Waals surface area contributed by atoms with Crippen molar-refractivity contribution in [3.8, 4) is 0 Å². The lowest BCUT2D eigenvalue weighted by molar-refractivity contribution is 0.0695. The molecule has 0 fully saturated rings. The van der Waals surface area contributed by atoms with Crippen LogP contribution in [-0.2, 0) is 6.42 Å². The Morgan fingerprint density at radius 2 is 1.18 bits per heavy atom. The minimum Gasteiger partial charge on any atom is -0.478 e. The molecule has 0 radical (unpaired) electrons. The third kappa shape index (κ3) is 11.7. The minimum atomic E-state index is -0.881. The number of hydrogen-bond donors (Lipinski definition) is 1. The van der Waals surface area contributed by atoms with E-state index in [1.165, 1.54) is 89.9 Å². The molecule has 0 saturated heterocycles.